The van der Waals surface area contributed by atoms with Crippen LogP contribution in [0.1, 0.15) is 47.0 Å². The van der Waals surface area contributed by atoms with E-state index in [-0.39, 0.29) is 0 Å². The molecule has 0 spiro atoms. The third-order valence-corrected chi connectivity index (χ3v) is 6.47. The van der Waals surface area contributed by atoms with Gasteiger partial charge in [0.1, 0.15) is 0 Å². The highest BCUT2D eigenvalue weighted by Gasteiger charge is 2.61. The molecule has 0 aromatic rings. The minimum atomic E-state index is 0.405. The average molecular weight is 237 g/mol. The van der Waals surface area contributed by atoms with Crippen LogP contribution in [0.3, 0.4) is 0 Å². The van der Waals surface area contributed by atoms with Gasteiger partial charge in [0.2, 0.25) is 0 Å². The standard InChI is InChI=1S/C15H27NO/c1-13(2)11-5-6-15(13,4)12(7-11)16-8-14(3)9-17-10-14/h11-12,16H,5-10H2,1-4H3. The Bertz CT molecular complexity index is 321. The summed E-state index contributed by atoms with van der Waals surface area (Å²) in [5, 5.41) is 3.87. The molecule has 2 nitrogen and oxygen atoms in total. The van der Waals surface area contributed by atoms with E-state index >= 15 is 0 Å². The van der Waals surface area contributed by atoms with E-state index < -0.39 is 0 Å². The Morgan fingerprint density at radius 1 is 1.18 bits per heavy atom. The van der Waals surface area contributed by atoms with Gasteiger partial charge in [-0.3, -0.25) is 0 Å². The number of hydrogen-bond donors (Lipinski definition) is 1. The van der Waals surface area contributed by atoms with Gasteiger partial charge in [-0.2, -0.15) is 0 Å². The zero-order chi connectivity index (χ0) is 12.3. The van der Waals surface area contributed by atoms with Crippen LogP contribution >= 0.6 is 0 Å². The van der Waals surface area contributed by atoms with E-state index in [1.54, 1.807) is 0 Å². The van der Waals surface area contributed by atoms with Crippen molar-refractivity contribution in [3.63, 3.8) is 0 Å². The van der Waals surface area contributed by atoms with Crippen molar-refractivity contribution in [1.82, 2.24) is 5.32 Å². The summed E-state index contributed by atoms with van der Waals surface area (Å²) in [6.45, 7) is 12.8. The molecule has 3 aliphatic rings. The predicted octanol–water partition coefficient (Wildman–Crippen LogP) is 2.83. The average Bonchev–Trinajstić information content (AvgIpc) is 2.56. The highest BCUT2D eigenvalue weighted by atomic mass is 16.5. The molecular formula is C15H27NO. The maximum atomic E-state index is 5.34. The maximum Gasteiger partial charge on any atom is 0.0554 e. The summed E-state index contributed by atoms with van der Waals surface area (Å²) in [6.07, 6.45) is 4.25. The van der Waals surface area contributed by atoms with Crippen molar-refractivity contribution in [2.45, 2.75) is 53.0 Å². The van der Waals surface area contributed by atoms with Crippen LogP contribution < -0.4 is 5.32 Å². The third-order valence-electron chi connectivity index (χ3n) is 6.47. The molecule has 0 aromatic heterocycles. The van der Waals surface area contributed by atoms with Gasteiger partial charge in [-0.05, 0) is 36.0 Å². The fourth-order valence-corrected chi connectivity index (χ4v) is 4.43. The van der Waals surface area contributed by atoms with E-state index in [0.717, 1.165) is 31.7 Å². The van der Waals surface area contributed by atoms with Crippen molar-refractivity contribution in [2.24, 2.45) is 22.2 Å². The van der Waals surface area contributed by atoms with Gasteiger partial charge in [-0.1, -0.05) is 27.7 Å². The van der Waals surface area contributed by atoms with Crippen molar-refractivity contribution < 1.29 is 4.74 Å². The second-order valence-electron chi connectivity index (χ2n) is 7.85. The molecule has 3 atom stereocenters. The summed E-state index contributed by atoms with van der Waals surface area (Å²) in [6, 6.07) is 0.730. The molecule has 1 N–H and O–H groups in total. The lowest BCUT2D eigenvalue weighted by Crippen LogP contribution is -2.53. The van der Waals surface area contributed by atoms with Crippen LogP contribution in [-0.4, -0.2) is 25.8 Å². The molecule has 98 valence electrons. The first-order valence-corrected chi connectivity index (χ1v) is 7.19. The molecule has 3 rings (SSSR count). The van der Waals surface area contributed by atoms with Crippen LogP contribution in [0.4, 0.5) is 0 Å². The first-order chi connectivity index (χ1) is 7.87. The molecule has 2 heteroatoms. The van der Waals surface area contributed by atoms with E-state index in [1.165, 1.54) is 19.3 Å². The Hall–Kier alpha value is -0.0800. The minimum absolute atomic E-state index is 0.405. The topological polar surface area (TPSA) is 21.3 Å². The molecule has 17 heavy (non-hydrogen) atoms. The lowest BCUT2D eigenvalue weighted by Gasteiger charge is -2.43. The van der Waals surface area contributed by atoms with Crippen LogP contribution in [0, 0.1) is 22.2 Å². The normalized spacial score (nSPS) is 45.9. The quantitative estimate of drug-likeness (QED) is 0.815. The van der Waals surface area contributed by atoms with Crippen molar-refractivity contribution in [1.29, 1.82) is 0 Å². The zero-order valence-electron chi connectivity index (χ0n) is 11.8. The van der Waals surface area contributed by atoms with Gasteiger partial charge >= 0.3 is 0 Å². The first kappa shape index (κ1) is 12.0. The summed E-state index contributed by atoms with van der Waals surface area (Å²) in [5.74, 6) is 0.940. The summed E-state index contributed by atoms with van der Waals surface area (Å²) in [7, 11) is 0. The Morgan fingerprint density at radius 2 is 1.88 bits per heavy atom. The van der Waals surface area contributed by atoms with E-state index in [1.807, 2.05) is 0 Å². The lowest BCUT2D eigenvalue weighted by atomic mass is 9.69. The molecule has 3 unspecified atom stereocenters. The van der Waals surface area contributed by atoms with Crippen LogP contribution in [0.2, 0.25) is 0 Å². The fourth-order valence-electron chi connectivity index (χ4n) is 4.43. The van der Waals surface area contributed by atoms with Crippen molar-refractivity contribution in [2.75, 3.05) is 19.8 Å². The fraction of sp³-hybridized carbons (Fsp3) is 1.00. The largest absolute Gasteiger partial charge is 0.380 e. The van der Waals surface area contributed by atoms with Crippen molar-refractivity contribution in [3.8, 4) is 0 Å². The van der Waals surface area contributed by atoms with E-state index in [0.29, 0.717) is 16.2 Å². The van der Waals surface area contributed by atoms with E-state index in [9.17, 15) is 0 Å². The Labute approximate surface area is 105 Å². The monoisotopic (exact) mass is 237 g/mol. The van der Waals surface area contributed by atoms with Crippen LogP contribution in [-0.2, 0) is 4.74 Å². The smallest absolute Gasteiger partial charge is 0.0554 e. The van der Waals surface area contributed by atoms with Crippen molar-refractivity contribution >= 4 is 0 Å². The summed E-state index contributed by atoms with van der Waals surface area (Å²) in [5.41, 5.74) is 1.45. The Kier molecular flexibility index (Phi) is 2.45. The van der Waals surface area contributed by atoms with Gasteiger partial charge in [0.25, 0.3) is 0 Å². The Balaban J connectivity index is 1.66. The second kappa shape index (κ2) is 3.48. The first-order valence-electron chi connectivity index (χ1n) is 7.19. The molecule has 1 heterocycles. The van der Waals surface area contributed by atoms with Gasteiger partial charge in [-0.15, -0.1) is 0 Å². The van der Waals surface area contributed by atoms with Crippen LogP contribution in [0.25, 0.3) is 0 Å². The molecule has 1 aliphatic heterocycles. The lowest BCUT2D eigenvalue weighted by molar-refractivity contribution is -0.102. The van der Waals surface area contributed by atoms with Gasteiger partial charge < -0.3 is 10.1 Å². The molecule has 0 amide bonds. The number of rotatable bonds is 3. The summed E-state index contributed by atoms with van der Waals surface area (Å²) < 4.78 is 5.34. The number of nitrogens with one attached hydrogen (secondary N) is 1. The highest BCUT2D eigenvalue weighted by Crippen LogP contribution is 2.65. The number of fused-ring (bicyclic) bond motifs is 2. The zero-order valence-corrected chi connectivity index (χ0v) is 11.8. The molecule has 2 saturated carbocycles. The molecule has 3 fully saturated rings. The molecule has 1 saturated heterocycles. The Morgan fingerprint density at radius 3 is 2.29 bits per heavy atom. The molecule has 0 radical (unpaired) electrons. The summed E-state index contributed by atoms with van der Waals surface area (Å²) in [4.78, 5) is 0. The molecular weight excluding hydrogens is 210 g/mol. The molecule has 2 bridgehead atoms. The minimum Gasteiger partial charge on any atom is -0.380 e. The van der Waals surface area contributed by atoms with Crippen molar-refractivity contribution in [3.05, 3.63) is 0 Å². The van der Waals surface area contributed by atoms with Gasteiger partial charge in [0, 0.05) is 18.0 Å². The van der Waals surface area contributed by atoms with Crippen LogP contribution in [0.5, 0.6) is 0 Å². The van der Waals surface area contributed by atoms with Gasteiger partial charge in [0.05, 0.1) is 13.2 Å². The van der Waals surface area contributed by atoms with Gasteiger partial charge in [0.15, 0.2) is 0 Å². The summed E-state index contributed by atoms with van der Waals surface area (Å²) >= 11 is 0. The van der Waals surface area contributed by atoms with E-state index in [2.05, 4.69) is 33.0 Å². The number of hydrogen-bond acceptors (Lipinski definition) is 2. The molecule has 2 aliphatic carbocycles. The van der Waals surface area contributed by atoms with Gasteiger partial charge in [-0.25, -0.2) is 0 Å². The van der Waals surface area contributed by atoms with Crippen LogP contribution in [0.15, 0.2) is 0 Å². The third kappa shape index (κ3) is 1.53. The highest BCUT2D eigenvalue weighted by molar-refractivity contribution is 5.13. The number of ether oxygens (including phenoxy) is 1. The molecule has 0 aromatic carbocycles. The SMILES string of the molecule is CC1(CNC2CC3CCC2(C)C3(C)C)COC1. The predicted molar refractivity (Wildman–Crippen MR) is 69.9 cm³/mol. The second-order valence-corrected chi connectivity index (χ2v) is 7.85. The maximum absolute atomic E-state index is 5.34. The van der Waals surface area contributed by atoms with E-state index in [4.69, 9.17) is 4.74 Å².